The number of carbonyl (C=O) groups is 2. The predicted molar refractivity (Wildman–Crippen MR) is 77.8 cm³/mol. The van der Waals surface area contributed by atoms with Crippen molar-refractivity contribution < 1.29 is 19.1 Å². The molecule has 0 bridgehead atoms. The molecule has 1 aromatic carbocycles. The van der Waals surface area contributed by atoms with E-state index >= 15 is 0 Å². The highest BCUT2D eigenvalue weighted by Gasteiger charge is 2.17. The van der Waals surface area contributed by atoms with Crippen LogP contribution in [0, 0.1) is 0 Å². The number of carbonyl (C=O) groups excluding carboxylic acids is 2. The lowest BCUT2D eigenvalue weighted by atomic mass is 10.1. The zero-order chi connectivity index (χ0) is 15.1. The largest absolute Gasteiger partial charge is 0.493 e. The number of halogens is 2. The van der Waals surface area contributed by atoms with Crippen LogP contribution in [0.4, 0.5) is 0 Å². The summed E-state index contributed by atoms with van der Waals surface area (Å²) in [6, 6.07) is 2.99. The van der Waals surface area contributed by atoms with Gasteiger partial charge >= 0.3 is 5.97 Å². The SMILES string of the molecule is CCCOc1cc(Cl)c(Cl)cc1C(=O)CCC(=O)OC. The third kappa shape index (κ3) is 4.69. The van der Waals surface area contributed by atoms with Gasteiger partial charge in [-0.2, -0.15) is 0 Å². The Bertz CT molecular complexity index is 500. The molecule has 0 saturated heterocycles. The van der Waals surface area contributed by atoms with E-state index in [-0.39, 0.29) is 23.6 Å². The van der Waals surface area contributed by atoms with Gasteiger partial charge in [-0.15, -0.1) is 0 Å². The van der Waals surface area contributed by atoms with Gasteiger partial charge in [-0.1, -0.05) is 30.1 Å². The predicted octanol–water partition coefficient (Wildman–Crippen LogP) is 3.92. The van der Waals surface area contributed by atoms with E-state index in [2.05, 4.69) is 4.74 Å². The normalized spacial score (nSPS) is 10.2. The van der Waals surface area contributed by atoms with Gasteiger partial charge in [0.15, 0.2) is 5.78 Å². The Balaban J connectivity index is 2.92. The monoisotopic (exact) mass is 318 g/mol. The van der Waals surface area contributed by atoms with Crippen LogP contribution in [0.1, 0.15) is 36.5 Å². The van der Waals surface area contributed by atoms with Gasteiger partial charge in [0.05, 0.1) is 35.7 Å². The second-order valence-electron chi connectivity index (χ2n) is 4.11. The number of esters is 1. The van der Waals surface area contributed by atoms with Crippen LogP contribution in [0.2, 0.25) is 10.0 Å². The minimum Gasteiger partial charge on any atom is -0.493 e. The lowest BCUT2D eigenvalue weighted by molar-refractivity contribution is -0.140. The molecule has 20 heavy (non-hydrogen) atoms. The van der Waals surface area contributed by atoms with Crippen LogP contribution in [-0.2, 0) is 9.53 Å². The summed E-state index contributed by atoms with van der Waals surface area (Å²) in [5.41, 5.74) is 0.330. The molecule has 0 spiro atoms. The molecule has 1 rings (SSSR count). The van der Waals surface area contributed by atoms with Crippen LogP contribution in [-0.4, -0.2) is 25.5 Å². The second kappa shape index (κ2) is 8.12. The summed E-state index contributed by atoms with van der Waals surface area (Å²) in [5.74, 6) is -0.286. The third-order valence-corrected chi connectivity index (χ3v) is 3.29. The van der Waals surface area contributed by atoms with E-state index in [1.165, 1.54) is 19.2 Å². The zero-order valence-corrected chi connectivity index (χ0v) is 12.9. The Morgan fingerprint density at radius 3 is 2.40 bits per heavy atom. The fourth-order valence-corrected chi connectivity index (χ4v) is 1.85. The van der Waals surface area contributed by atoms with Crippen LogP contribution >= 0.6 is 23.2 Å². The highest BCUT2D eigenvalue weighted by Crippen LogP contribution is 2.31. The van der Waals surface area contributed by atoms with Crippen molar-refractivity contribution in [3.63, 3.8) is 0 Å². The minimum absolute atomic E-state index is 0.0167. The molecular weight excluding hydrogens is 303 g/mol. The topological polar surface area (TPSA) is 52.6 Å². The Morgan fingerprint density at radius 1 is 1.15 bits per heavy atom. The number of ether oxygens (including phenoxy) is 2. The summed E-state index contributed by atoms with van der Waals surface area (Å²) >= 11 is 11.8. The summed E-state index contributed by atoms with van der Waals surface area (Å²) in [6.45, 7) is 2.42. The van der Waals surface area contributed by atoms with Gasteiger partial charge < -0.3 is 9.47 Å². The van der Waals surface area contributed by atoms with Gasteiger partial charge in [0.25, 0.3) is 0 Å². The lowest BCUT2D eigenvalue weighted by Crippen LogP contribution is -2.08. The Kier molecular flexibility index (Phi) is 6.82. The standard InChI is InChI=1S/C14H16Cl2O4/c1-3-6-20-13-8-11(16)10(15)7-9(13)12(17)4-5-14(18)19-2/h7-8H,3-6H2,1-2H3. The highest BCUT2D eigenvalue weighted by molar-refractivity contribution is 6.42. The van der Waals surface area contributed by atoms with Gasteiger partial charge in [0.1, 0.15) is 5.75 Å². The van der Waals surface area contributed by atoms with E-state index in [0.717, 1.165) is 6.42 Å². The van der Waals surface area contributed by atoms with Gasteiger partial charge in [0, 0.05) is 12.5 Å². The number of methoxy groups -OCH3 is 1. The van der Waals surface area contributed by atoms with E-state index < -0.39 is 5.97 Å². The Hall–Kier alpha value is -1.26. The van der Waals surface area contributed by atoms with Crippen molar-refractivity contribution in [2.75, 3.05) is 13.7 Å². The minimum atomic E-state index is -0.436. The van der Waals surface area contributed by atoms with Crippen molar-refractivity contribution in [1.29, 1.82) is 0 Å². The first-order chi connectivity index (χ1) is 9.49. The van der Waals surface area contributed by atoms with E-state index in [9.17, 15) is 9.59 Å². The van der Waals surface area contributed by atoms with Crippen molar-refractivity contribution >= 4 is 35.0 Å². The zero-order valence-electron chi connectivity index (χ0n) is 11.4. The average Bonchev–Trinajstić information content (AvgIpc) is 2.45. The summed E-state index contributed by atoms with van der Waals surface area (Å²) in [7, 11) is 1.28. The van der Waals surface area contributed by atoms with Crippen LogP contribution in [0.15, 0.2) is 12.1 Å². The Morgan fingerprint density at radius 2 is 1.80 bits per heavy atom. The summed E-state index contributed by atoms with van der Waals surface area (Å²) in [6.07, 6.45) is 0.853. The number of hydrogen-bond donors (Lipinski definition) is 0. The number of Topliss-reactive ketones (excluding diaryl/α,β-unsaturated/α-hetero) is 1. The van der Waals surface area contributed by atoms with Crippen molar-refractivity contribution in [2.24, 2.45) is 0 Å². The number of benzene rings is 1. The first-order valence-electron chi connectivity index (χ1n) is 6.21. The van der Waals surface area contributed by atoms with Gasteiger partial charge in [-0.3, -0.25) is 9.59 Å². The van der Waals surface area contributed by atoms with E-state index in [1.807, 2.05) is 6.92 Å². The average molecular weight is 319 g/mol. The maximum Gasteiger partial charge on any atom is 0.305 e. The van der Waals surface area contributed by atoms with Crippen molar-refractivity contribution in [3.05, 3.63) is 27.7 Å². The molecule has 6 heteroatoms. The van der Waals surface area contributed by atoms with Crippen LogP contribution in [0.25, 0.3) is 0 Å². The molecule has 0 fully saturated rings. The number of hydrogen-bond acceptors (Lipinski definition) is 4. The molecule has 0 unspecified atom stereocenters. The van der Waals surface area contributed by atoms with Gasteiger partial charge in [-0.25, -0.2) is 0 Å². The smallest absolute Gasteiger partial charge is 0.305 e. The first kappa shape index (κ1) is 16.8. The molecule has 4 nitrogen and oxygen atoms in total. The molecule has 0 saturated carbocycles. The fraction of sp³-hybridized carbons (Fsp3) is 0.429. The molecule has 0 atom stereocenters. The molecule has 110 valence electrons. The van der Waals surface area contributed by atoms with E-state index in [0.29, 0.717) is 22.9 Å². The lowest BCUT2D eigenvalue weighted by Gasteiger charge is -2.11. The van der Waals surface area contributed by atoms with Crippen molar-refractivity contribution in [1.82, 2.24) is 0 Å². The number of rotatable bonds is 7. The molecule has 0 N–H and O–H groups in total. The Labute approximate surface area is 128 Å². The van der Waals surface area contributed by atoms with Crippen LogP contribution in [0.5, 0.6) is 5.75 Å². The molecule has 0 aliphatic carbocycles. The third-order valence-electron chi connectivity index (χ3n) is 2.57. The van der Waals surface area contributed by atoms with Crippen LogP contribution in [0.3, 0.4) is 0 Å². The molecular formula is C14H16Cl2O4. The van der Waals surface area contributed by atoms with Crippen molar-refractivity contribution in [3.8, 4) is 5.75 Å². The quantitative estimate of drug-likeness (QED) is 0.565. The summed E-state index contributed by atoms with van der Waals surface area (Å²) in [5, 5.41) is 0.597. The molecule has 0 aliphatic rings. The second-order valence-corrected chi connectivity index (χ2v) is 4.92. The maximum atomic E-state index is 12.1. The van der Waals surface area contributed by atoms with Crippen LogP contribution < -0.4 is 4.74 Å². The van der Waals surface area contributed by atoms with Gasteiger partial charge in [-0.05, 0) is 12.5 Å². The molecule has 0 aromatic heterocycles. The molecule has 0 amide bonds. The van der Waals surface area contributed by atoms with E-state index in [4.69, 9.17) is 27.9 Å². The molecule has 1 aromatic rings. The number of ketones is 1. The van der Waals surface area contributed by atoms with Crippen molar-refractivity contribution in [2.45, 2.75) is 26.2 Å². The molecule has 0 radical (unpaired) electrons. The summed E-state index contributed by atoms with van der Waals surface area (Å²) in [4.78, 5) is 23.2. The molecule has 0 aliphatic heterocycles. The summed E-state index contributed by atoms with van der Waals surface area (Å²) < 4.78 is 10.0. The molecule has 0 heterocycles. The fourth-order valence-electron chi connectivity index (χ4n) is 1.53. The maximum absolute atomic E-state index is 12.1. The van der Waals surface area contributed by atoms with E-state index in [1.54, 1.807) is 0 Å². The highest BCUT2D eigenvalue weighted by atomic mass is 35.5. The first-order valence-corrected chi connectivity index (χ1v) is 6.97. The van der Waals surface area contributed by atoms with Gasteiger partial charge in [0.2, 0.25) is 0 Å².